The van der Waals surface area contributed by atoms with Crippen LogP contribution in [0, 0.1) is 12.7 Å². The number of thioether (sulfide) groups is 1. The second-order valence-electron chi connectivity index (χ2n) is 3.33. The van der Waals surface area contributed by atoms with E-state index >= 15 is 0 Å². The molecule has 1 rings (SSSR count). The smallest absolute Gasteiger partial charge is 0.313 e. The SMILES string of the molecule is Cc1cc(F)cc(C(=O)CSCC(=O)O)c1. The number of carbonyl (C=O) groups is 2. The lowest BCUT2D eigenvalue weighted by molar-refractivity contribution is -0.133. The molecule has 0 radical (unpaired) electrons. The van der Waals surface area contributed by atoms with Gasteiger partial charge in [-0.25, -0.2) is 4.39 Å². The summed E-state index contributed by atoms with van der Waals surface area (Å²) < 4.78 is 13.0. The number of carboxylic acids is 1. The Bertz CT molecular complexity index is 397. The molecule has 0 bridgehead atoms. The van der Waals surface area contributed by atoms with Crippen LogP contribution >= 0.6 is 11.8 Å². The Labute approximate surface area is 96.7 Å². The summed E-state index contributed by atoms with van der Waals surface area (Å²) in [6.45, 7) is 1.70. The summed E-state index contributed by atoms with van der Waals surface area (Å²) in [4.78, 5) is 21.8. The van der Waals surface area contributed by atoms with E-state index in [2.05, 4.69) is 0 Å². The molecule has 0 saturated heterocycles. The Kier molecular flexibility index (Phi) is 4.49. The maximum absolute atomic E-state index is 13.0. The van der Waals surface area contributed by atoms with Crippen LogP contribution in [-0.4, -0.2) is 28.4 Å². The Morgan fingerprint density at radius 3 is 2.56 bits per heavy atom. The Balaban J connectivity index is 2.62. The van der Waals surface area contributed by atoms with E-state index in [4.69, 9.17) is 5.11 Å². The third kappa shape index (κ3) is 4.02. The van der Waals surface area contributed by atoms with E-state index in [1.165, 1.54) is 6.07 Å². The topological polar surface area (TPSA) is 54.4 Å². The normalized spacial score (nSPS) is 10.1. The predicted octanol–water partition coefficient (Wildman–Crippen LogP) is 2.13. The number of benzene rings is 1. The van der Waals surface area contributed by atoms with Crippen LogP contribution in [0.3, 0.4) is 0 Å². The van der Waals surface area contributed by atoms with Gasteiger partial charge in [-0.15, -0.1) is 11.8 Å². The van der Waals surface area contributed by atoms with Gasteiger partial charge in [0, 0.05) is 5.56 Å². The molecule has 3 nitrogen and oxygen atoms in total. The highest BCUT2D eigenvalue weighted by Gasteiger charge is 2.09. The van der Waals surface area contributed by atoms with Gasteiger partial charge in [-0.2, -0.15) is 0 Å². The van der Waals surface area contributed by atoms with Crippen LogP contribution in [0.5, 0.6) is 0 Å². The van der Waals surface area contributed by atoms with Gasteiger partial charge < -0.3 is 5.11 Å². The van der Waals surface area contributed by atoms with E-state index in [9.17, 15) is 14.0 Å². The zero-order chi connectivity index (χ0) is 12.1. The number of rotatable bonds is 5. The number of aryl methyl sites for hydroxylation is 1. The van der Waals surface area contributed by atoms with E-state index in [0.29, 0.717) is 5.56 Å². The Morgan fingerprint density at radius 2 is 2.00 bits per heavy atom. The molecule has 1 aromatic carbocycles. The number of carboxylic acid groups (broad SMARTS) is 1. The number of halogens is 1. The van der Waals surface area contributed by atoms with Gasteiger partial charge >= 0.3 is 5.97 Å². The number of ketones is 1. The van der Waals surface area contributed by atoms with Crippen molar-refractivity contribution in [3.05, 3.63) is 35.1 Å². The van der Waals surface area contributed by atoms with Crippen LogP contribution < -0.4 is 0 Å². The van der Waals surface area contributed by atoms with Crippen molar-refractivity contribution in [1.29, 1.82) is 0 Å². The second-order valence-corrected chi connectivity index (χ2v) is 4.31. The quantitative estimate of drug-likeness (QED) is 0.804. The van der Waals surface area contributed by atoms with Crippen molar-refractivity contribution in [2.75, 3.05) is 11.5 Å². The molecule has 0 aliphatic rings. The molecular weight excluding hydrogens is 231 g/mol. The summed E-state index contributed by atoms with van der Waals surface area (Å²) in [7, 11) is 0. The fourth-order valence-electron chi connectivity index (χ4n) is 1.21. The fourth-order valence-corrected chi connectivity index (χ4v) is 1.84. The molecule has 0 spiro atoms. The minimum Gasteiger partial charge on any atom is -0.481 e. The zero-order valence-corrected chi connectivity index (χ0v) is 9.51. The van der Waals surface area contributed by atoms with E-state index in [-0.39, 0.29) is 22.9 Å². The summed E-state index contributed by atoms with van der Waals surface area (Å²) in [5.74, 6) is -1.75. The monoisotopic (exact) mass is 242 g/mol. The molecule has 86 valence electrons. The van der Waals surface area contributed by atoms with Gasteiger partial charge in [0.05, 0.1) is 11.5 Å². The summed E-state index contributed by atoms with van der Waals surface area (Å²) in [6.07, 6.45) is 0. The van der Waals surface area contributed by atoms with E-state index in [0.717, 1.165) is 17.8 Å². The standard InChI is InChI=1S/C11H11FO3S/c1-7-2-8(4-9(12)3-7)10(13)5-16-6-11(14)15/h2-4H,5-6H2,1H3,(H,14,15). The van der Waals surface area contributed by atoms with E-state index in [1.807, 2.05) is 0 Å². The fraction of sp³-hybridized carbons (Fsp3) is 0.273. The van der Waals surface area contributed by atoms with Crippen LogP contribution in [0.4, 0.5) is 4.39 Å². The van der Waals surface area contributed by atoms with Crippen molar-refractivity contribution in [3.63, 3.8) is 0 Å². The van der Waals surface area contributed by atoms with Gasteiger partial charge in [-0.1, -0.05) is 0 Å². The van der Waals surface area contributed by atoms with Crippen LogP contribution in [0.1, 0.15) is 15.9 Å². The van der Waals surface area contributed by atoms with Crippen LogP contribution in [-0.2, 0) is 4.79 Å². The van der Waals surface area contributed by atoms with Gasteiger partial charge in [0.1, 0.15) is 5.82 Å². The summed E-state index contributed by atoms with van der Waals surface area (Å²) in [6, 6.07) is 4.09. The number of Topliss-reactive ketones (excluding diaryl/α,β-unsaturated/α-hetero) is 1. The third-order valence-corrected chi connectivity index (χ3v) is 2.74. The molecule has 0 aliphatic carbocycles. The largest absolute Gasteiger partial charge is 0.481 e. The second kappa shape index (κ2) is 5.65. The molecule has 0 aliphatic heterocycles. The molecule has 1 N–H and O–H groups in total. The van der Waals surface area contributed by atoms with Crippen molar-refractivity contribution < 1.29 is 19.1 Å². The predicted molar refractivity (Wildman–Crippen MR) is 60.4 cm³/mol. The molecule has 0 saturated carbocycles. The van der Waals surface area contributed by atoms with Crippen LogP contribution in [0.25, 0.3) is 0 Å². The average Bonchev–Trinajstić information content (AvgIpc) is 2.15. The van der Waals surface area contributed by atoms with Crippen molar-refractivity contribution in [1.82, 2.24) is 0 Å². The minimum absolute atomic E-state index is 0.0508. The lowest BCUT2D eigenvalue weighted by Crippen LogP contribution is -2.07. The molecule has 0 aromatic heterocycles. The van der Waals surface area contributed by atoms with Crippen molar-refractivity contribution in [2.45, 2.75) is 6.92 Å². The van der Waals surface area contributed by atoms with Crippen molar-refractivity contribution in [3.8, 4) is 0 Å². The molecule has 0 atom stereocenters. The molecule has 1 aromatic rings. The first-order valence-corrected chi connectivity index (χ1v) is 5.74. The molecule has 5 heteroatoms. The van der Waals surface area contributed by atoms with Gasteiger partial charge in [-0.05, 0) is 30.7 Å². The summed E-state index contributed by atoms with van der Waals surface area (Å²) in [5.41, 5.74) is 0.960. The molecule has 0 amide bonds. The van der Waals surface area contributed by atoms with Gasteiger partial charge in [0.15, 0.2) is 5.78 Å². The highest BCUT2D eigenvalue weighted by atomic mass is 32.2. The Morgan fingerprint density at radius 1 is 1.31 bits per heavy atom. The minimum atomic E-state index is -0.965. The summed E-state index contributed by atoms with van der Waals surface area (Å²) in [5, 5.41) is 8.39. The van der Waals surface area contributed by atoms with Gasteiger partial charge in [0.25, 0.3) is 0 Å². The lowest BCUT2D eigenvalue weighted by atomic mass is 10.1. The molecule has 0 heterocycles. The number of carbonyl (C=O) groups excluding carboxylic acids is 1. The maximum Gasteiger partial charge on any atom is 0.313 e. The van der Waals surface area contributed by atoms with Gasteiger partial charge in [0.2, 0.25) is 0 Å². The molecule has 0 fully saturated rings. The average molecular weight is 242 g/mol. The molecule has 0 unspecified atom stereocenters. The highest BCUT2D eigenvalue weighted by molar-refractivity contribution is 8.00. The molecular formula is C11H11FO3S. The van der Waals surface area contributed by atoms with Crippen molar-refractivity contribution >= 4 is 23.5 Å². The van der Waals surface area contributed by atoms with E-state index in [1.54, 1.807) is 13.0 Å². The van der Waals surface area contributed by atoms with Crippen LogP contribution in [0.15, 0.2) is 18.2 Å². The number of aliphatic carboxylic acids is 1. The van der Waals surface area contributed by atoms with E-state index < -0.39 is 11.8 Å². The highest BCUT2D eigenvalue weighted by Crippen LogP contribution is 2.12. The van der Waals surface area contributed by atoms with Crippen molar-refractivity contribution in [2.24, 2.45) is 0 Å². The Hall–Kier alpha value is -1.36. The molecule has 16 heavy (non-hydrogen) atoms. The maximum atomic E-state index is 13.0. The lowest BCUT2D eigenvalue weighted by Gasteiger charge is -2.02. The summed E-state index contributed by atoms with van der Waals surface area (Å²) >= 11 is 1.00. The number of hydrogen-bond acceptors (Lipinski definition) is 3. The first-order valence-electron chi connectivity index (χ1n) is 4.59. The zero-order valence-electron chi connectivity index (χ0n) is 8.70. The number of hydrogen-bond donors (Lipinski definition) is 1. The van der Waals surface area contributed by atoms with Crippen LogP contribution in [0.2, 0.25) is 0 Å². The third-order valence-electron chi connectivity index (χ3n) is 1.82. The first-order chi connectivity index (χ1) is 7.49. The van der Waals surface area contributed by atoms with Gasteiger partial charge in [-0.3, -0.25) is 9.59 Å². The first kappa shape index (κ1) is 12.7.